The molecule has 1 fully saturated rings. The van der Waals surface area contributed by atoms with E-state index in [2.05, 4.69) is 0 Å². The molecular weight excluding hydrogens is 160 g/mol. The van der Waals surface area contributed by atoms with E-state index in [1.54, 1.807) is 6.92 Å². The second-order valence-corrected chi connectivity index (χ2v) is 2.83. The minimum Gasteiger partial charge on any atom is -0.371 e. The molecule has 0 aromatic carbocycles. The van der Waals surface area contributed by atoms with Crippen LogP contribution >= 0.6 is 0 Å². The van der Waals surface area contributed by atoms with Crippen molar-refractivity contribution in [1.29, 1.82) is 0 Å². The van der Waals surface area contributed by atoms with Crippen LogP contribution in [0.25, 0.3) is 0 Å². The second kappa shape index (κ2) is 3.98. The highest BCUT2D eigenvalue weighted by molar-refractivity contribution is 5.84. The van der Waals surface area contributed by atoms with Crippen LogP contribution in [0.5, 0.6) is 0 Å². The third-order valence-electron chi connectivity index (χ3n) is 1.99. The largest absolute Gasteiger partial charge is 0.371 e. The molecule has 0 amide bonds. The summed E-state index contributed by atoms with van der Waals surface area (Å²) >= 11 is 0. The Morgan fingerprint density at radius 3 is 2.50 bits per heavy atom. The minimum absolute atomic E-state index is 0.0445. The Morgan fingerprint density at radius 2 is 2.08 bits per heavy atom. The fourth-order valence-electron chi connectivity index (χ4n) is 1.36. The van der Waals surface area contributed by atoms with Gasteiger partial charge < -0.3 is 14.2 Å². The van der Waals surface area contributed by atoms with E-state index in [9.17, 15) is 4.79 Å². The Bertz CT molecular complexity index is 168. The Morgan fingerprint density at radius 1 is 1.42 bits per heavy atom. The Balaban J connectivity index is 2.57. The molecule has 0 aliphatic carbocycles. The van der Waals surface area contributed by atoms with Gasteiger partial charge in [0.15, 0.2) is 12.1 Å². The van der Waals surface area contributed by atoms with Gasteiger partial charge in [0, 0.05) is 14.2 Å². The molecule has 0 saturated carbocycles. The quantitative estimate of drug-likeness (QED) is 0.606. The lowest BCUT2D eigenvalue weighted by molar-refractivity contribution is -0.207. The molecule has 1 saturated heterocycles. The summed E-state index contributed by atoms with van der Waals surface area (Å²) in [6, 6.07) is 0. The molecule has 1 aliphatic heterocycles. The molecule has 70 valence electrons. The van der Waals surface area contributed by atoms with Gasteiger partial charge in [-0.2, -0.15) is 0 Å². The maximum atomic E-state index is 11.3. The molecule has 1 aliphatic rings. The molecule has 12 heavy (non-hydrogen) atoms. The highest BCUT2D eigenvalue weighted by Crippen LogP contribution is 2.18. The number of methoxy groups -OCH3 is 2. The van der Waals surface area contributed by atoms with Gasteiger partial charge in [-0.05, 0) is 6.92 Å². The van der Waals surface area contributed by atoms with Crippen LogP contribution in [0.2, 0.25) is 0 Å². The smallest absolute Gasteiger partial charge is 0.169 e. The maximum Gasteiger partial charge on any atom is 0.169 e. The van der Waals surface area contributed by atoms with Crippen molar-refractivity contribution in [2.45, 2.75) is 31.8 Å². The highest BCUT2D eigenvalue weighted by Gasteiger charge is 2.34. The van der Waals surface area contributed by atoms with E-state index in [4.69, 9.17) is 14.2 Å². The zero-order valence-electron chi connectivity index (χ0n) is 7.57. The molecule has 1 heterocycles. The first kappa shape index (κ1) is 9.64. The normalized spacial score (nSPS) is 36.9. The number of Topliss-reactive ketones (excluding diaryl/α,β-unsaturated/α-hetero) is 1. The monoisotopic (exact) mass is 174 g/mol. The van der Waals surface area contributed by atoms with Gasteiger partial charge in [-0.15, -0.1) is 0 Å². The summed E-state index contributed by atoms with van der Waals surface area (Å²) in [6.07, 6.45) is -0.782. The predicted molar refractivity (Wildman–Crippen MR) is 41.8 cm³/mol. The maximum absolute atomic E-state index is 11.3. The van der Waals surface area contributed by atoms with Crippen LogP contribution in [0.15, 0.2) is 0 Å². The van der Waals surface area contributed by atoms with E-state index in [1.165, 1.54) is 14.2 Å². The number of ketones is 1. The number of rotatable bonds is 2. The molecule has 0 radical (unpaired) electrons. The van der Waals surface area contributed by atoms with E-state index in [0.29, 0.717) is 0 Å². The molecule has 4 heteroatoms. The van der Waals surface area contributed by atoms with Gasteiger partial charge in [0.25, 0.3) is 0 Å². The average Bonchev–Trinajstić information content (AvgIpc) is 2.03. The minimum atomic E-state index is -0.434. The van der Waals surface area contributed by atoms with Crippen molar-refractivity contribution in [3.05, 3.63) is 0 Å². The first-order valence-electron chi connectivity index (χ1n) is 3.92. The zero-order valence-corrected chi connectivity index (χ0v) is 7.57. The standard InChI is InChI=1S/C8H14O4/c1-5-8(11-3)6(9)4-7(10-2)12-5/h5,7-8H,4H2,1-3H3/t5-,7-,8+/m1/s1. The number of carbonyl (C=O) groups is 1. The Kier molecular flexibility index (Phi) is 3.20. The van der Waals surface area contributed by atoms with Crippen molar-refractivity contribution >= 4 is 5.78 Å². The Hall–Kier alpha value is -0.450. The van der Waals surface area contributed by atoms with Crippen molar-refractivity contribution in [2.24, 2.45) is 0 Å². The third kappa shape index (κ3) is 1.83. The van der Waals surface area contributed by atoms with E-state index in [1.807, 2.05) is 0 Å². The molecule has 0 N–H and O–H groups in total. The van der Waals surface area contributed by atoms with Crippen LogP contribution in [-0.4, -0.2) is 38.5 Å². The summed E-state index contributed by atoms with van der Waals surface area (Å²) in [5.74, 6) is 0.0445. The van der Waals surface area contributed by atoms with Gasteiger partial charge in [0.2, 0.25) is 0 Å². The zero-order chi connectivity index (χ0) is 9.14. The van der Waals surface area contributed by atoms with E-state index in [-0.39, 0.29) is 18.3 Å². The molecule has 1 rings (SSSR count). The van der Waals surface area contributed by atoms with Crippen molar-refractivity contribution in [3.63, 3.8) is 0 Å². The molecule has 0 bridgehead atoms. The first-order valence-corrected chi connectivity index (χ1v) is 3.92. The fraction of sp³-hybridized carbons (Fsp3) is 0.875. The summed E-state index contributed by atoms with van der Waals surface area (Å²) in [4.78, 5) is 11.3. The lowest BCUT2D eigenvalue weighted by Gasteiger charge is -2.31. The number of hydrogen-bond donors (Lipinski definition) is 0. The van der Waals surface area contributed by atoms with E-state index >= 15 is 0 Å². The summed E-state index contributed by atoms with van der Waals surface area (Å²) < 4.78 is 15.2. The van der Waals surface area contributed by atoms with Crippen molar-refractivity contribution < 1.29 is 19.0 Å². The lowest BCUT2D eigenvalue weighted by atomic mass is 10.0. The van der Waals surface area contributed by atoms with Crippen molar-refractivity contribution in [3.8, 4) is 0 Å². The average molecular weight is 174 g/mol. The molecule has 0 aromatic rings. The summed E-state index contributed by atoms with van der Waals surface area (Å²) in [6.45, 7) is 1.80. The van der Waals surface area contributed by atoms with Gasteiger partial charge in [0.05, 0.1) is 12.5 Å². The number of carbonyl (C=O) groups excluding carboxylic acids is 1. The van der Waals surface area contributed by atoms with Gasteiger partial charge in [-0.3, -0.25) is 4.79 Å². The number of ether oxygens (including phenoxy) is 3. The summed E-state index contributed by atoms with van der Waals surface area (Å²) in [7, 11) is 3.04. The second-order valence-electron chi connectivity index (χ2n) is 2.83. The van der Waals surface area contributed by atoms with Crippen LogP contribution in [0, 0.1) is 0 Å². The SMILES string of the molecule is CO[C@H]1CC(=O)[C@@H](OC)[C@@H](C)O1. The molecular formula is C8H14O4. The lowest BCUT2D eigenvalue weighted by Crippen LogP contribution is -2.45. The van der Waals surface area contributed by atoms with Crippen LogP contribution in [-0.2, 0) is 19.0 Å². The molecule has 0 spiro atoms. The van der Waals surface area contributed by atoms with Crippen LogP contribution in [0.1, 0.15) is 13.3 Å². The summed E-state index contributed by atoms with van der Waals surface area (Å²) in [5, 5.41) is 0. The Labute approximate surface area is 71.8 Å². The van der Waals surface area contributed by atoms with Gasteiger partial charge in [0.1, 0.15) is 6.10 Å². The van der Waals surface area contributed by atoms with Crippen molar-refractivity contribution in [2.75, 3.05) is 14.2 Å². The van der Waals surface area contributed by atoms with Crippen molar-refractivity contribution in [1.82, 2.24) is 0 Å². The fourth-order valence-corrected chi connectivity index (χ4v) is 1.36. The summed E-state index contributed by atoms with van der Waals surface area (Å²) in [5.41, 5.74) is 0. The molecule has 3 atom stereocenters. The van der Waals surface area contributed by atoms with Gasteiger partial charge >= 0.3 is 0 Å². The van der Waals surface area contributed by atoms with Crippen LogP contribution < -0.4 is 0 Å². The van der Waals surface area contributed by atoms with Crippen LogP contribution in [0.3, 0.4) is 0 Å². The highest BCUT2D eigenvalue weighted by atomic mass is 16.7. The molecule has 4 nitrogen and oxygen atoms in total. The van der Waals surface area contributed by atoms with Crippen LogP contribution in [0.4, 0.5) is 0 Å². The van der Waals surface area contributed by atoms with E-state index in [0.717, 1.165) is 0 Å². The van der Waals surface area contributed by atoms with Gasteiger partial charge in [-0.1, -0.05) is 0 Å². The predicted octanol–water partition coefficient (Wildman–Crippen LogP) is 0.352. The van der Waals surface area contributed by atoms with Gasteiger partial charge in [-0.25, -0.2) is 0 Å². The first-order chi connectivity index (χ1) is 5.69. The number of hydrogen-bond acceptors (Lipinski definition) is 4. The molecule has 0 aromatic heterocycles. The third-order valence-corrected chi connectivity index (χ3v) is 1.99. The molecule has 0 unspecified atom stereocenters. The van der Waals surface area contributed by atoms with E-state index < -0.39 is 12.4 Å². The topological polar surface area (TPSA) is 44.8 Å².